The van der Waals surface area contributed by atoms with E-state index in [0.29, 0.717) is 38.3 Å². The molecule has 1 aromatic carbocycles. The van der Waals surface area contributed by atoms with Crippen LogP contribution in [0.1, 0.15) is 36.7 Å². The van der Waals surface area contributed by atoms with Crippen LogP contribution in [0.3, 0.4) is 0 Å². The van der Waals surface area contributed by atoms with Crippen LogP contribution in [0.15, 0.2) is 36.5 Å². The number of imide groups is 1. The maximum atomic E-state index is 13.1. The molecule has 4 heterocycles. The Morgan fingerprint density at radius 3 is 2.66 bits per heavy atom. The van der Waals surface area contributed by atoms with Gasteiger partial charge in [0.15, 0.2) is 0 Å². The molecule has 4 amide bonds. The molecule has 0 aliphatic carbocycles. The van der Waals surface area contributed by atoms with E-state index in [1.165, 1.54) is 4.90 Å². The largest absolute Gasteiger partial charge is 0.337 e. The van der Waals surface area contributed by atoms with Gasteiger partial charge in [0.25, 0.3) is 11.8 Å². The molecule has 0 radical (unpaired) electrons. The average molecular weight is 392 g/mol. The first-order valence-electron chi connectivity index (χ1n) is 10.3. The molecule has 1 unspecified atom stereocenters. The Bertz CT molecular complexity index is 981. The first-order valence-corrected chi connectivity index (χ1v) is 10.3. The molecule has 0 N–H and O–H groups in total. The number of aromatic nitrogens is 1. The summed E-state index contributed by atoms with van der Waals surface area (Å²) in [5, 5.41) is 1.88. The number of benzene rings is 1. The van der Waals surface area contributed by atoms with Gasteiger partial charge in [0.1, 0.15) is 11.7 Å². The lowest BCUT2D eigenvalue weighted by atomic mass is 9.76. The fraction of sp³-hybridized carbons (Fsp3) is 0.455. The second-order valence-electron chi connectivity index (χ2n) is 8.39. The summed E-state index contributed by atoms with van der Waals surface area (Å²) in [4.78, 5) is 47.5. The van der Waals surface area contributed by atoms with Crippen molar-refractivity contribution in [2.24, 2.45) is 5.41 Å². The zero-order chi connectivity index (χ0) is 20.2. The topological polar surface area (TPSA) is 73.8 Å². The second kappa shape index (κ2) is 6.54. The third-order valence-corrected chi connectivity index (χ3v) is 6.84. The molecule has 7 nitrogen and oxygen atoms in total. The molecule has 0 saturated carbocycles. The van der Waals surface area contributed by atoms with Crippen LogP contribution < -0.4 is 0 Å². The summed E-state index contributed by atoms with van der Waals surface area (Å²) in [5.74, 6) is -0.104. The summed E-state index contributed by atoms with van der Waals surface area (Å²) in [6.07, 6.45) is 4.01. The SMILES string of the molecule is CCN1C(=O)C2CC3(CCN(C(=O)c4nccc5ccccc45)CC3)CN2C1=O. The first-order chi connectivity index (χ1) is 14.0. The van der Waals surface area contributed by atoms with E-state index in [-0.39, 0.29) is 29.3 Å². The van der Waals surface area contributed by atoms with Crippen LogP contribution >= 0.6 is 0 Å². The van der Waals surface area contributed by atoms with Crippen molar-refractivity contribution in [3.8, 4) is 0 Å². The molecule has 3 fully saturated rings. The molecular formula is C22H24N4O3. The van der Waals surface area contributed by atoms with Gasteiger partial charge in [-0.1, -0.05) is 24.3 Å². The predicted octanol–water partition coefficient (Wildman–Crippen LogP) is 2.51. The van der Waals surface area contributed by atoms with Gasteiger partial charge >= 0.3 is 6.03 Å². The van der Waals surface area contributed by atoms with E-state index in [9.17, 15) is 14.4 Å². The molecule has 3 aliphatic rings. The lowest BCUT2D eigenvalue weighted by molar-refractivity contribution is -0.128. The quantitative estimate of drug-likeness (QED) is 0.736. The number of hydrogen-bond donors (Lipinski definition) is 0. The van der Waals surface area contributed by atoms with Crippen LogP contribution in [-0.2, 0) is 4.79 Å². The van der Waals surface area contributed by atoms with Crippen molar-refractivity contribution >= 4 is 28.6 Å². The number of amides is 4. The van der Waals surface area contributed by atoms with Gasteiger partial charge < -0.3 is 9.80 Å². The fourth-order valence-corrected chi connectivity index (χ4v) is 5.18. The summed E-state index contributed by atoms with van der Waals surface area (Å²) in [5.41, 5.74) is 0.439. The molecule has 3 aliphatic heterocycles. The van der Waals surface area contributed by atoms with Crippen molar-refractivity contribution < 1.29 is 14.4 Å². The number of piperidine rings is 1. The molecule has 1 aromatic heterocycles. The number of pyridine rings is 1. The summed E-state index contributed by atoms with van der Waals surface area (Å²) >= 11 is 0. The number of hydrogen-bond acceptors (Lipinski definition) is 4. The molecule has 0 bridgehead atoms. The monoisotopic (exact) mass is 392 g/mol. The highest BCUT2D eigenvalue weighted by molar-refractivity contribution is 6.05. The van der Waals surface area contributed by atoms with Gasteiger partial charge in [-0.2, -0.15) is 0 Å². The Hall–Kier alpha value is -2.96. The smallest absolute Gasteiger partial charge is 0.327 e. The van der Waals surface area contributed by atoms with Crippen LogP contribution in [0.25, 0.3) is 10.8 Å². The van der Waals surface area contributed by atoms with Gasteiger partial charge in [-0.3, -0.25) is 19.5 Å². The van der Waals surface area contributed by atoms with Crippen molar-refractivity contribution in [1.29, 1.82) is 0 Å². The van der Waals surface area contributed by atoms with Gasteiger partial charge in [0.2, 0.25) is 0 Å². The molecule has 1 spiro atoms. The minimum absolute atomic E-state index is 0.0422. The number of nitrogens with zero attached hydrogens (tertiary/aromatic N) is 4. The Labute approximate surface area is 169 Å². The highest BCUT2D eigenvalue weighted by Gasteiger charge is 2.56. The fourth-order valence-electron chi connectivity index (χ4n) is 5.18. The van der Waals surface area contributed by atoms with Crippen LogP contribution in [0.5, 0.6) is 0 Å². The van der Waals surface area contributed by atoms with Crippen molar-refractivity contribution in [3.63, 3.8) is 0 Å². The van der Waals surface area contributed by atoms with Gasteiger partial charge in [-0.25, -0.2) is 4.79 Å². The average Bonchev–Trinajstić information content (AvgIpc) is 3.22. The zero-order valence-corrected chi connectivity index (χ0v) is 16.5. The minimum Gasteiger partial charge on any atom is -0.337 e. The minimum atomic E-state index is -0.315. The lowest BCUT2D eigenvalue weighted by Crippen LogP contribution is -2.46. The van der Waals surface area contributed by atoms with Gasteiger partial charge in [-0.05, 0) is 43.1 Å². The maximum absolute atomic E-state index is 13.1. The number of carbonyl (C=O) groups excluding carboxylic acids is 3. The number of fused-ring (bicyclic) bond motifs is 2. The molecule has 3 saturated heterocycles. The summed E-state index contributed by atoms with van der Waals surface area (Å²) in [6.45, 7) is 4.14. The Morgan fingerprint density at radius 2 is 1.93 bits per heavy atom. The van der Waals surface area contributed by atoms with E-state index in [2.05, 4.69) is 4.98 Å². The van der Waals surface area contributed by atoms with Gasteiger partial charge in [0.05, 0.1) is 0 Å². The number of rotatable bonds is 2. The molecule has 2 aromatic rings. The number of likely N-dealkylation sites (tertiary alicyclic amines) is 1. The predicted molar refractivity (Wildman–Crippen MR) is 107 cm³/mol. The van der Waals surface area contributed by atoms with Crippen molar-refractivity contribution in [2.45, 2.75) is 32.2 Å². The van der Waals surface area contributed by atoms with Crippen LogP contribution in [0.2, 0.25) is 0 Å². The van der Waals surface area contributed by atoms with Crippen molar-refractivity contribution in [1.82, 2.24) is 19.7 Å². The lowest BCUT2D eigenvalue weighted by Gasteiger charge is -2.39. The second-order valence-corrected chi connectivity index (χ2v) is 8.39. The summed E-state index contributed by atoms with van der Waals surface area (Å²) in [6, 6.07) is 9.24. The van der Waals surface area contributed by atoms with Gasteiger partial charge in [0, 0.05) is 37.8 Å². The number of carbonyl (C=O) groups is 3. The molecule has 7 heteroatoms. The van der Waals surface area contributed by atoms with Crippen LogP contribution in [0.4, 0.5) is 4.79 Å². The maximum Gasteiger partial charge on any atom is 0.327 e. The standard InChI is InChI=1S/C22H24N4O3/c1-2-25-19(27)17-13-22(14-26(17)21(25)29)8-11-24(12-9-22)20(28)18-16-6-4-3-5-15(16)7-10-23-18/h3-7,10,17H,2,8-9,11-14H2,1H3. The Morgan fingerprint density at radius 1 is 1.17 bits per heavy atom. The molecule has 5 rings (SSSR count). The van der Waals surface area contributed by atoms with Crippen LogP contribution in [0, 0.1) is 5.41 Å². The molecule has 29 heavy (non-hydrogen) atoms. The Balaban J connectivity index is 1.31. The van der Waals surface area contributed by atoms with E-state index < -0.39 is 0 Å². The third kappa shape index (κ3) is 2.71. The molecule has 1 atom stereocenters. The van der Waals surface area contributed by atoms with E-state index >= 15 is 0 Å². The summed E-state index contributed by atoms with van der Waals surface area (Å²) < 4.78 is 0. The normalized spacial score (nSPS) is 23.3. The van der Waals surface area contributed by atoms with Crippen molar-refractivity contribution in [3.05, 3.63) is 42.2 Å². The number of likely N-dealkylation sites (N-methyl/N-ethyl adjacent to an activating group) is 1. The van der Waals surface area contributed by atoms with E-state index in [0.717, 1.165) is 23.6 Å². The van der Waals surface area contributed by atoms with E-state index in [1.54, 1.807) is 11.1 Å². The zero-order valence-electron chi connectivity index (χ0n) is 16.5. The molecule has 150 valence electrons. The molecular weight excluding hydrogens is 368 g/mol. The van der Waals surface area contributed by atoms with Gasteiger partial charge in [-0.15, -0.1) is 0 Å². The highest BCUT2D eigenvalue weighted by Crippen LogP contribution is 2.46. The number of urea groups is 1. The van der Waals surface area contributed by atoms with E-state index in [1.807, 2.05) is 42.2 Å². The van der Waals surface area contributed by atoms with Crippen LogP contribution in [-0.4, -0.2) is 69.8 Å². The summed E-state index contributed by atoms with van der Waals surface area (Å²) in [7, 11) is 0. The highest BCUT2D eigenvalue weighted by atomic mass is 16.2. The Kier molecular flexibility index (Phi) is 4.08. The van der Waals surface area contributed by atoms with E-state index in [4.69, 9.17) is 0 Å². The first kappa shape index (κ1) is 18.1. The third-order valence-electron chi connectivity index (χ3n) is 6.84. The van der Waals surface area contributed by atoms with Crippen molar-refractivity contribution in [2.75, 3.05) is 26.2 Å².